The predicted molar refractivity (Wildman–Crippen MR) is 80.0 cm³/mol. The average molecular weight is 310 g/mol. The third-order valence-corrected chi connectivity index (χ3v) is 4.89. The molecule has 2 saturated carbocycles. The van der Waals surface area contributed by atoms with Gasteiger partial charge in [0.2, 0.25) is 0 Å². The highest BCUT2D eigenvalue weighted by Gasteiger charge is 2.62. The van der Waals surface area contributed by atoms with Crippen LogP contribution in [-0.2, 0) is 23.9 Å². The van der Waals surface area contributed by atoms with Crippen LogP contribution in [-0.4, -0.2) is 30.9 Å². The van der Waals surface area contributed by atoms with Gasteiger partial charge in [-0.3, -0.25) is 14.4 Å². The van der Waals surface area contributed by atoms with E-state index in [1.165, 1.54) is 0 Å². The second-order valence-corrected chi connectivity index (χ2v) is 7.57. The Morgan fingerprint density at radius 2 is 1.32 bits per heavy atom. The standard InChI is InChI=1S/C17H26O5/c1-5-21-13(19)17(14(20)22-6-2)10-15(3)7-12(18)8-16(4,9-15)11-17/h5-11H2,1-4H3. The lowest BCUT2D eigenvalue weighted by molar-refractivity contribution is -0.187. The minimum atomic E-state index is -1.27. The first kappa shape index (κ1) is 17.0. The minimum Gasteiger partial charge on any atom is -0.465 e. The first-order valence-electron chi connectivity index (χ1n) is 8.05. The number of hydrogen-bond donors (Lipinski definition) is 0. The van der Waals surface area contributed by atoms with E-state index in [1.54, 1.807) is 13.8 Å². The van der Waals surface area contributed by atoms with Gasteiger partial charge < -0.3 is 9.47 Å². The van der Waals surface area contributed by atoms with Gasteiger partial charge in [-0.25, -0.2) is 0 Å². The lowest BCUT2D eigenvalue weighted by Gasteiger charge is -2.54. The molecule has 22 heavy (non-hydrogen) atoms. The minimum absolute atomic E-state index is 0.220. The maximum atomic E-state index is 12.6. The van der Waals surface area contributed by atoms with Crippen molar-refractivity contribution in [3.63, 3.8) is 0 Å². The van der Waals surface area contributed by atoms with Crippen molar-refractivity contribution in [2.45, 2.75) is 59.8 Å². The Bertz CT molecular complexity index is 455. The van der Waals surface area contributed by atoms with Crippen LogP contribution in [0.1, 0.15) is 59.8 Å². The fourth-order valence-corrected chi connectivity index (χ4v) is 4.85. The van der Waals surface area contributed by atoms with Crippen molar-refractivity contribution in [3.8, 4) is 0 Å². The normalized spacial score (nSPS) is 33.2. The molecular weight excluding hydrogens is 284 g/mol. The number of ether oxygens (including phenoxy) is 2. The van der Waals surface area contributed by atoms with Gasteiger partial charge in [0, 0.05) is 12.8 Å². The molecule has 5 heteroatoms. The summed E-state index contributed by atoms with van der Waals surface area (Å²) < 4.78 is 10.4. The van der Waals surface area contributed by atoms with Crippen LogP contribution >= 0.6 is 0 Å². The number of ketones is 1. The van der Waals surface area contributed by atoms with E-state index in [9.17, 15) is 14.4 Å². The fourth-order valence-electron chi connectivity index (χ4n) is 4.85. The third kappa shape index (κ3) is 2.90. The molecule has 2 unspecified atom stereocenters. The quantitative estimate of drug-likeness (QED) is 0.590. The maximum Gasteiger partial charge on any atom is 0.323 e. The molecular formula is C17H26O5. The van der Waals surface area contributed by atoms with E-state index in [1.807, 2.05) is 13.8 Å². The molecule has 2 atom stereocenters. The second-order valence-electron chi connectivity index (χ2n) is 7.57. The van der Waals surface area contributed by atoms with Crippen molar-refractivity contribution >= 4 is 17.7 Å². The molecule has 5 nitrogen and oxygen atoms in total. The van der Waals surface area contributed by atoms with Gasteiger partial charge in [0.1, 0.15) is 5.78 Å². The number of hydrogen-bond acceptors (Lipinski definition) is 5. The summed E-state index contributed by atoms with van der Waals surface area (Å²) in [5, 5.41) is 0. The number of esters is 2. The SMILES string of the molecule is CCOC(=O)C1(C(=O)OCC)CC2(C)CC(=O)CC(C)(C2)C1. The fraction of sp³-hybridized carbons (Fsp3) is 0.824. The van der Waals surface area contributed by atoms with Crippen LogP contribution in [0.4, 0.5) is 0 Å². The number of rotatable bonds is 4. The van der Waals surface area contributed by atoms with E-state index in [-0.39, 0.29) is 29.8 Å². The van der Waals surface area contributed by atoms with E-state index >= 15 is 0 Å². The Kier molecular flexibility index (Phi) is 4.37. The number of carbonyl (C=O) groups excluding carboxylic acids is 3. The maximum absolute atomic E-state index is 12.6. The molecule has 0 radical (unpaired) electrons. The van der Waals surface area contributed by atoms with Gasteiger partial charge in [0.05, 0.1) is 13.2 Å². The third-order valence-electron chi connectivity index (χ3n) is 4.89. The van der Waals surface area contributed by atoms with Crippen molar-refractivity contribution in [2.24, 2.45) is 16.2 Å². The summed E-state index contributed by atoms with van der Waals surface area (Å²) in [6.07, 6.45) is 2.36. The highest BCUT2D eigenvalue weighted by molar-refractivity contribution is 6.01. The summed E-state index contributed by atoms with van der Waals surface area (Å²) in [7, 11) is 0. The lowest BCUT2D eigenvalue weighted by atomic mass is 9.48. The van der Waals surface area contributed by atoms with Crippen LogP contribution in [0.5, 0.6) is 0 Å². The second kappa shape index (κ2) is 5.67. The van der Waals surface area contributed by atoms with Crippen LogP contribution in [0.2, 0.25) is 0 Å². The zero-order valence-corrected chi connectivity index (χ0v) is 14.0. The molecule has 2 bridgehead atoms. The molecule has 2 aliphatic carbocycles. The smallest absolute Gasteiger partial charge is 0.323 e. The van der Waals surface area contributed by atoms with Gasteiger partial charge in [-0.1, -0.05) is 13.8 Å². The number of Topliss-reactive ketones (excluding diaryl/α,β-unsaturated/α-hetero) is 1. The zero-order valence-electron chi connectivity index (χ0n) is 14.0. The molecule has 2 rings (SSSR count). The molecule has 0 saturated heterocycles. The first-order chi connectivity index (χ1) is 10.2. The van der Waals surface area contributed by atoms with Crippen LogP contribution in [0, 0.1) is 16.2 Å². The zero-order chi connectivity index (χ0) is 16.6. The van der Waals surface area contributed by atoms with Crippen LogP contribution in [0.15, 0.2) is 0 Å². The number of carbonyl (C=O) groups is 3. The van der Waals surface area contributed by atoms with Crippen LogP contribution < -0.4 is 0 Å². The van der Waals surface area contributed by atoms with Gasteiger partial charge in [-0.05, 0) is 43.9 Å². The molecule has 124 valence electrons. The highest BCUT2D eigenvalue weighted by atomic mass is 16.6. The molecule has 0 aromatic carbocycles. The monoisotopic (exact) mass is 310 g/mol. The Hall–Kier alpha value is -1.39. The molecule has 0 heterocycles. The summed E-state index contributed by atoms with van der Waals surface area (Å²) in [6.45, 7) is 7.91. The Balaban J connectivity index is 2.44. The summed E-state index contributed by atoms with van der Waals surface area (Å²) in [5.74, 6) is -0.780. The number of fused-ring (bicyclic) bond motifs is 2. The Morgan fingerprint density at radius 3 is 1.68 bits per heavy atom. The van der Waals surface area contributed by atoms with Crippen molar-refractivity contribution in [1.29, 1.82) is 0 Å². The largest absolute Gasteiger partial charge is 0.465 e. The molecule has 2 aliphatic rings. The van der Waals surface area contributed by atoms with Crippen molar-refractivity contribution in [2.75, 3.05) is 13.2 Å². The van der Waals surface area contributed by atoms with Gasteiger partial charge in [0.15, 0.2) is 5.41 Å². The Morgan fingerprint density at radius 1 is 0.909 bits per heavy atom. The van der Waals surface area contributed by atoms with E-state index in [0.717, 1.165) is 6.42 Å². The molecule has 0 aromatic rings. The molecule has 0 aromatic heterocycles. The van der Waals surface area contributed by atoms with E-state index < -0.39 is 17.4 Å². The summed E-state index contributed by atoms with van der Waals surface area (Å²) in [6, 6.07) is 0. The summed E-state index contributed by atoms with van der Waals surface area (Å²) in [4.78, 5) is 37.3. The summed E-state index contributed by atoms with van der Waals surface area (Å²) in [5.41, 5.74) is -1.96. The van der Waals surface area contributed by atoms with Gasteiger partial charge in [0.25, 0.3) is 0 Å². The Labute approximate surface area is 131 Å². The van der Waals surface area contributed by atoms with E-state index in [2.05, 4.69) is 0 Å². The summed E-state index contributed by atoms with van der Waals surface area (Å²) >= 11 is 0. The van der Waals surface area contributed by atoms with Crippen molar-refractivity contribution in [3.05, 3.63) is 0 Å². The molecule has 0 N–H and O–H groups in total. The predicted octanol–water partition coefficient (Wildman–Crippen LogP) is 2.66. The van der Waals surface area contributed by atoms with Crippen molar-refractivity contribution < 1.29 is 23.9 Å². The average Bonchev–Trinajstić information content (AvgIpc) is 2.35. The molecule has 2 fully saturated rings. The lowest BCUT2D eigenvalue weighted by Crippen LogP contribution is -2.56. The van der Waals surface area contributed by atoms with E-state index in [0.29, 0.717) is 25.7 Å². The van der Waals surface area contributed by atoms with Gasteiger partial charge >= 0.3 is 11.9 Å². The van der Waals surface area contributed by atoms with Crippen LogP contribution in [0.25, 0.3) is 0 Å². The first-order valence-corrected chi connectivity index (χ1v) is 8.05. The molecule has 0 spiro atoms. The highest BCUT2D eigenvalue weighted by Crippen LogP contribution is 2.60. The van der Waals surface area contributed by atoms with E-state index in [4.69, 9.17) is 9.47 Å². The van der Waals surface area contributed by atoms with Gasteiger partial charge in [-0.15, -0.1) is 0 Å². The van der Waals surface area contributed by atoms with Gasteiger partial charge in [-0.2, -0.15) is 0 Å². The van der Waals surface area contributed by atoms with Crippen molar-refractivity contribution in [1.82, 2.24) is 0 Å². The molecule has 0 amide bonds. The molecule has 0 aliphatic heterocycles. The van der Waals surface area contributed by atoms with Crippen LogP contribution in [0.3, 0.4) is 0 Å². The topological polar surface area (TPSA) is 69.7 Å².